The largest absolute Gasteiger partial charge is 0.497 e. The molecule has 0 saturated carbocycles. The predicted octanol–water partition coefficient (Wildman–Crippen LogP) is 0.0634. The van der Waals surface area contributed by atoms with Gasteiger partial charge < -0.3 is 19.9 Å². The number of amides is 2. The molecule has 1 atom stereocenters. The first-order valence-electron chi connectivity index (χ1n) is 7.55. The van der Waals surface area contributed by atoms with Crippen LogP contribution in [0, 0.1) is 5.92 Å². The number of carbonyl (C=O) groups is 2. The van der Waals surface area contributed by atoms with Gasteiger partial charge in [-0.25, -0.2) is 4.79 Å². The van der Waals surface area contributed by atoms with Crippen molar-refractivity contribution in [2.75, 3.05) is 23.9 Å². The molecule has 0 radical (unpaired) electrons. The van der Waals surface area contributed by atoms with Gasteiger partial charge in [-0.1, -0.05) is 0 Å². The molecule has 1 aliphatic rings. The van der Waals surface area contributed by atoms with Gasteiger partial charge >= 0.3 is 5.69 Å². The number of hydrogen-bond acceptors (Lipinski definition) is 5. The fourth-order valence-electron chi connectivity index (χ4n) is 2.63. The molecule has 3 N–H and O–H groups in total. The summed E-state index contributed by atoms with van der Waals surface area (Å²) in [4.78, 5) is 52.9. The fraction of sp³-hybridized carbons (Fsp3) is 0.250. The van der Waals surface area contributed by atoms with Gasteiger partial charge in [-0.3, -0.25) is 19.4 Å². The zero-order chi connectivity index (χ0) is 18.0. The Bertz CT molecular complexity index is 915. The van der Waals surface area contributed by atoms with Crippen LogP contribution >= 0.6 is 0 Å². The van der Waals surface area contributed by atoms with Crippen molar-refractivity contribution in [3.05, 3.63) is 51.3 Å². The van der Waals surface area contributed by atoms with E-state index >= 15 is 0 Å². The van der Waals surface area contributed by atoms with Crippen LogP contribution in [0.25, 0.3) is 0 Å². The number of nitrogens with zero attached hydrogens (tertiary/aromatic N) is 1. The van der Waals surface area contributed by atoms with E-state index in [0.717, 1.165) is 6.20 Å². The molecule has 1 aliphatic heterocycles. The molecule has 0 bridgehead atoms. The Kier molecular flexibility index (Phi) is 4.38. The number of benzene rings is 1. The highest BCUT2D eigenvalue weighted by Crippen LogP contribution is 2.27. The van der Waals surface area contributed by atoms with Gasteiger partial charge in [0.1, 0.15) is 11.4 Å². The van der Waals surface area contributed by atoms with Crippen LogP contribution in [0.1, 0.15) is 6.42 Å². The lowest BCUT2D eigenvalue weighted by Gasteiger charge is -2.17. The Balaban J connectivity index is 1.71. The minimum absolute atomic E-state index is 0.0408. The molecule has 0 spiro atoms. The lowest BCUT2D eigenvalue weighted by atomic mass is 10.1. The Morgan fingerprint density at radius 2 is 1.96 bits per heavy atom. The first kappa shape index (κ1) is 16.5. The van der Waals surface area contributed by atoms with Crippen molar-refractivity contribution in [1.29, 1.82) is 0 Å². The SMILES string of the molecule is COc1ccc(N2CC(C(=O)Nc3c[nH]c(=O)[nH]c3=O)CC2=O)cc1. The lowest BCUT2D eigenvalue weighted by molar-refractivity contribution is -0.122. The van der Waals surface area contributed by atoms with Crippen LogP contribution in [0.4, 0.5) is 11.4 Å². The third-order valence-corrected chi connectivity index (χ3v) is 3.96. The summed E-state index contributed by atoms with van der Waals surface area (Å²) in [5.41, 5.74) is -0.763. The molecule has 3 rings (SSSR count). The van der Waals surface area contributed by atoms with E-state index in [2.05, 4.69) is 10.3 Å². The van der Waals surface area contributed by atoms with Gasteiger partial charge in [-0.15, -0.1) is 0 Å². The maximum absolute atomic E-state index is 12.3. The number of ether oxygens (including phenoxy) is 1. The number of aromatic nitrogens is 2. The van der Waals surface area contributed by atoms with Gasteiger partial charge in [0, 0.05) is 24.8 Å². The molecule has 130 valence electrons. The third kappa shape index (κ3) is 3.44. The molecule has 2 heterocycles. The quantitative estimate of drug-likeness (QED) is 0.723. The van der Waals surface area contributed by atoms with Crippen LogP contribution in [0.5, 0.6) is 5.75 Å². The topological polar surface area (TPSA) is 124 Å². The number of aromatic amines is 2. The highest BCUT2D eigenvalue weighted by Gasteiger charge is 2.35. The molecular formula is C16H16N4O5. The monoisotopic (exact) mass is 344 g/mol. The molecule has 1 saturated heterocycles. The maximum atomic E-state index is 12.3. The average molecular weight is 344 g/mol. The predicted molar refractivity (Wildman–Crippen MR) is 89.8 cm³/mol. The van der Waals surface area contributed by atoms with Crippen molar-refractivity contribution in [3.8, 4) is 5.75 Å². The second kappa shape index (κ2) is 6.63. The summed E-state index contributed by atoms with van der Waals surface area (Å²) in [6.07, 6.45) is 1.16. The van der Waals surface area contributed by atoms with E-state index in [1.165, 1.54) is 4.90 Å². The van der Waals surface area contributed by atoms with Crippen molar-refractivity contribution in [1.82, 2.24) is 9.97 Å². The molecule has 1 aromatic carbocycles. The van der Waals surface area contributed by atoms with Crippen LogP contribution in [-0.4, -0.2) is 35.4 Å². The van der Waals surface area contributed by atoms with Crippen molar-refractivity contribution < 1.29 is 14.3 Å². The Morgan fingerprint density at radius 1 is 1.24 bits per heavy atom. The van der Waals surface area contributed by atoms with E-state index in [-0.39, 0.29) is 24.6 Å². The number of carbonyl (C=O) groups excluding carboxylic acids is 2. The summed E-state index contributed by atoms with van der Waals surface area (Å²) < 4.78 is 5.08. The molecular weight excluding hydrogens is 328 g/mol. The van der Waals surface area contributed by atoms with Crippen LogP contribution in [0.2, 0.25) is 0 Å². The second-order valence-corrected chi connectivity index (χ2v) is 5.58. The summed E-state index contributed by atoms with van der Waals surface area (Å²) >= 11 is 0. The normalized spacial score (nSPS) is 16.8. The number of nitrogens with one attached hydrogen (secondary N) is 3. The van der Waals surface area contributed by atoms with Gasteiger partial charge in [-0.05, 0) is 24.3 Å². The smallest absolute Gasteiger partial charge is 0.325 e. The zero-order valence-corrected chi connectivity index (χ0v) is 13.4. The molecule has 0 aliphatic carbocycles. The minimum atomic E-state index is -0.701. The van der Waals surface area contributed by atoms with E-state index in [9.17, 15) is 19.2 Å². The Hall–Kier alpha value is -3.36. The molecule has 9 heteroatoms. The van der Waals surface area contributed by atoms with Gasteiger partial charge in [0.15, 0.2) is 0 Å². The highest BCUT2D eigenvalue weighted by molar-refractivity contribution is 6.03. The van der Waals surface area contributed by atoms with Crippen molar-refractivity contribution >= 4 is 23.2 Å². The molecule has 9 nitrogen and oxygen atoms in total. The highest BCUT2D eigenvalue weighted by atomic mass is 16.5. The molecule has 1 aromatic heterocycles. The van der Waals surface area contributed by atoms with Crippen molar-refractivity contribution in [3.63, 3.8) is 0 Å². The maximum Gasteiger partial charge on any atom is 0.325 e. The molecule has 1 fully saturated rings. The van der Waals surface area contributed by atoms with E-state index in [1.807, 2.05) is 4.98 Å². The van der Waals surface area contributed by atoms with E-state index in [4.69, 9.17) is 4.74 Å². The lowest BCUT2D eigenvalue weighted by Crippen LogP contribution is -2.31. The Labute approximate surface area is 141 Å². The van der Waals surface area contributed by atoms with Crippen molar-refractivity contribution in [2.45, 2.75) is 6.42 Å². The van der Waals surface area contributed by atoms with Crippen LogP contribution in [0.3, 0.4) is 0 Å². The Morgan fingerprint density at radius 3 is 2.60 bits per heavy atom. The number of H-pyrrole nitrogens is 2. The first-order valence-corrected chi connectivity index (χ1v) is 7.55. The first-order chi connectivity index (χ1) is 12.0. The van der Waals surface area contributed by atoms with Crippen LogP contribution in [-0.2, 0) is 9.59 Å². The third-order valence-electron chi connectivity index (χ3n) is 3.96. The number of anilines is 2. The zero-order valence-electron chi connectivity index (χ0n) is 13.4. The van der Waals surface area contributed by atoms with Crippen molar-refractivity contribution in [2.24, 2.45) is 5.92 Å². The number of methoxy groups -OCH3 is 1. The minimum Gasteiger partial charge on any atom is -0.497 e. The van der Waals surface area contributed by atoms with Gasteiger partial charge in [-0.2, -0.15) is 0 Å². The van der Waals surface area contributed by atoms with Gasteiger partial charge in [0.2, 0.25) is 11.8 Å². The van der Waals surface area contributed by atoms with Gasteiger partial charge in [0.25, 0.3) is 5.56 Å². The summed E-state index contributed by atoms with van der Waals surface area (Å²) in [5, 5.41) is 2.44. The number of hydrogen-bond donors (Lipinski definition) is 3. The number of rotatable bonds is 4. The van der Waals surface area contributed by atoms with E-state index in [1.54, 1.807) is 31.4 Å². The van der Waals surface area contributed by atoms with E-state index < -0.39 is 23.1 Å². The standard InChI is InChI=1S/C16H16N4O5/c1-25-11-4-2-10(3-5-11)20-8-9(6-13(20)21)14(22)18-12-7-17-16(24)19-15(12)23/h2-5,7,9H,6,8H2,1H3,(H,18,22)(H2,17,19,23,24). The summed E-state index contributed by atoms with van der Waals surface area (Å²) in [6.45, 7) is 0.207. The average Bonchev–Trinajstić information content (AvgIpc) is 2.99. The summed E-state index contributed by atoms with van der Waals surface area (Å²) in [6, 6.07) is 6.94. The van der Waals surface area contributed by atoms with Crippen LogP contribution < -0.4 is 26.2 Å². The fourth-order valence-corrected chi connectivity index (χ4v) is 2.63. The van der Waals surface area contributed by atoms with E-state index in [0.29, 0.717) is 11.4 Å². The molecule has 2 aromatic rings. The molecule has 2 amide bonds. The van der Waals surface area contributed by atoms with Crippen LogP contribution in [0.15, 0.2) is 40.1 Å². The summed E-state index contributed by atoms with van der Waals surface area (Å²) in [7, 11) is 1.55. The summed E-state index contributed by atoms with van der Waals surface area (Å²) in [5.74, 6) is -0.564. The second-order valence-electron chi connectivity index (χ2n) is 5.58. The van der Waals surface area contributed by atoms with Gasteiger partial charge in [0.05, 0.1) is 13.0 Å². The molecule has 1 unspecified atom stereocenters. The molecule has 25 heavy (non-hydrogen) atoms.